The molecule has 2 atom stereocenters. The summed E-state index contributed by atoms with van der Waals surface area (Å²) in [5.41, 5.74) is 0. The zero-order valence-corrected chi connectivity index (χ0v) is 13.0. The average molecular weight is 332 g/mol. The number of fused-ring (bicyclic) bond motifs is 2. The molecule has 10 heteroatoms. The molecule has 0 aliphatic carbocycles. The molecule has 2 bridgehead atoms. The van der Waals surface area contributed by atoms with Crippen LogP contribution < -0.4 is 5.32 Å². The van der Waals surface area contributed by atoms with Gasteiger partial charge in [0.1, 0.15) is 0 Å². The fourth-order valence-corrected chi connectivity index (χ4v) is 6.04. The van der Waals surface area contributed by atoms with Gasteiger partial charge in [-0.15, -0.1) is 10.2 Å². The van der Waals surface area contributed by atoms with Gasteiger partial charge in [-0.1, -0.05) is 11.3 Å². The minimum absolute atomic E-state index is 0.112. The van der Waals surface area contributed by atoms with Gasteiger partial charge in [-0.3, -0.25) is 4.79 Å². The van der Waals surface area contributed by atoms with Gasteiger partial charge in [-0.2, -0.15) is 4.31 Å². The topological polar surface area (TPSA) is 112 Å². The number of carbonyl (C=O) groups is 1. The van der Waals surface area contributed by atoms with Crippen molar-refractivity contribution in [2.75, 3.05) is 5.32 Å². The predicted octanol–water partition coefficient (Wildman–Crippen LogP) is 0.173. The van der Waals surface area contributed by atoms with Crippen LogP contribution in [0.2, 0.25) is 0 Å². The fourth-order valence-electron chi connectivity index (χ4n) is 3.10. The highest BCUT2D eigenvalue weighted by molar-refractivity contribution is 7.91. The standard InChI is InChI=1S/C11H16N4O4S2/c1-6(16)12-10-13-14-11(20-10)21(18,19)15-7-2-3-8(15)5-9(17)4-7/h7-9,17H,2-5H2,1H3,(H,12,13,16). The molecule has 1 aromatic rings. The molecule has 3 rings (SSSR count). The van der Waals surface area contributed by atoms with E-state index in [0.29, 0.717) is 12.8 Å². The van der Waals surface area contributed by atoms with Crippen LogP contribution in [0.1, 0.15) is 32.6 Å². The summed E-state index contributed by atoms with van der Waals surface area (Å²) < 4.78 is 26.7. The van der Waals surface area contributed by atoms with Gasteiger partial charge in [-0.05, 0) is 25.7 Å². The van der Waals surface area contributed by atoms with Crippen molar-refractivity contribution < 1.29 is 18.3 Å². The molecule has 0 spiro atoms. The number of aliphatic hydroxyl groups is 1. The van der Waals surface area contributed by atoms with Gasteiger partial charge in [0.25, 0.3) is 10.0 Å². The molecule has 8 nitrogen and oxygen atoms in total. The predicted molar refractivity (Wildman–Crippen MR) is 75.3 cm³/mol. The number of aliphatic hydroxyl groups excluding tert-OH is 1. The van der Waals surface area contributed by atoms with Crippen LogP contribution in [-0.4, -0.2) is 52.1 Å². The Balaban J connectivity index is 1.87. The molecule has 2 fully saturated rings. The number of nitrogens with zero attached hydrogens (tertiary/aromatic N) is 3. The first-order valence-corrected chi connectivity index (χ1v) is 8.96. The maximum absolute atomic E-state index is 12.7. The summed E-state index contributed by atoms with van der Waals surface area (Å²) >= 11 is 0.848. The van der Waals surface area contributed by atoms with E-state index in [1.165, 1.54) is 11.2 Å². The number of nitrogens with one attached hydrogen (secondary N) is 1. The average Bonchev–Trinajstić information content (AvgIpc) is 2.93. The molecular weight excluding hydrogens is 316 g/mol. The number of hydrogen-bond donors (Lipinski definition) is 2. The van der Waals surface area contributed by atoms with Gasteiger partial charge < -0.3 is 10.4 Å². The van der Waals surface area contributed by atoms with E-state index in [0.717, 1.165) is 24.2 Å². The van der Waals surface area contributed by atoms with Crippen molar-refractivity contribution in [3.8, 4) is 0 Å². The number of aromatic nitrogens is 2. The number of rotatable bonds is 3. The second-order valence-corrected chi connectivity index (χ2v) is 8.39. The summed E-state index contributed by atoms with van der Waals surface area (Å²) in [6.45, 7) is 1.32. The molecule has 116 valence electrons. The molecule has 21 heavy (non-hydrogen) atoms. The van der Waals surface area contributed by atoms with Crippen LogP contribution in [0, 0.1) is 0 Å². The molecule has 0 radical (unpaired) electrons. The van der Waals surface area contributed by atoms with E-state index in [2.05, 4.69) is 15.5 Å². The monoisotopic (exact) mass is 332 g/mol. The molecule has 0 aromatic carbocycles. The van der Waals surface area contributed by atoms with E-state index in [-0.39, 0.29) is 27.5 Å². The van der Waals surface area contributed by atoms with Crippen LogP contribution in [-0.2, 0) is 14.8 Å². The van der Waals surface area contributed by atoms with E-state index in [1.807, 2.05) is 0 Å². The summed E-state index contributed by atoms with van der Waals surface area (Å²) in [7, 11) is -3.72. The van der Waals surface area contributed by atoms with Crippen LogP contribution in [0.4, 0.5) is 5.13 Å². The lowest BCUT2D eigenvalue weighted by molar-refractivity contribution is -0.114. The smallest absolute Gasteiger partial charge is 0.272 e. The number of hydrogen-bond acceptors (Lipinski definition) is 7. The number of sulfonamides is 1. The van der Waals surface area contributed by atoms with E-state index < -0.39 is 16.1 Å². The quantitative estimate of drug-likeness (QED) is 0.763. The first kappa shape index (κ1) is 14.8. The Labute approximate surface area is 126 Å². The Bertz CT molecular complexity index is 645. The molecule has 2 unspecified atom stereocenters. The number of anilines is 1. The molecule has 2 N–H and O–H groups in total. The fraction of sp³-hybridized carbons (Fsp3) is 0.727. The Kier molecular flexibility index (Phi) is 3.72. The Hall–Kier alpha value is -1.10. The van der Waals surface area contributed by atoms with Gasteiger partial charge in [-0.25, -0.2) is 8.42 Å². The Morgan fingerprint density at radius 1 is 1.33 bits per heavy atom. The normalized spacial score (nSPS) is 29.5. The second kappa shape index (κ2) is 5.27. The number of amides is 1. The molecule has 2 aliphatic heterocycles. The molecule has 1 aromatic heterocycles. The van der Waals surface area contributed by atoms with Crippen molar-refractivity contribution in [3.63, 3.8) is 0 Å². The first-order valence-electron chi connectivity index (χ1n) is 6.70. The van der Waals surface area contributed by atoms with Crippen LogP contribution in [0.15, 0.2) is 4.34 Å². The minimum atomic E-state index is -3.72. The van der Waals surface area contributed by atoms with Crippen molar-refractivity contribution >= 4 is 32.4 Å². The second-order valence-electron chi connectivity index (χ2n) is 5.40. The van der Waals surface area contributed by atoms with E-state index in [9.17, 15) is 18.3 Å². The minimum Gasteiger partial charge on any atom is -0.393 e. The lowest BCUT2D eigenvalue weighted by Crippen LogP contribution is -2.47. The van der Waals surface area contributed by atoms with Crippen molar-refractivity contribution in [3.05, 3.63) is 0 Å². The largest absolute Gasteiger partial charge is 0.393 e. The maximum atomic E-state index is 12.7. The zero-order chi connectivity index (χ0) is 15.2. The third-order valence-electron chi connectivity index (χ3n) is 3.83. The molecule has 1 amide bonds. The highest BCUT2D eigenvalue weighted by Crippen LogP contribution is 2.40. The molecule has 2 saturated heterocycles. The van der Waals surface area contributed by atoms with Gasteiger partial charge in [0.2, 0.25) is 15.4 Å². The Morgan fingerprint density at radius 2 is 1.95 bits per heavy atom. The van der Waals surface area contributed by atoms with Crippen LogP contribution in [0.5, 0.6) is 0 Å². The SMILES string of the molecule is CC(=O)Nc1nnc(S(=O)(=O)N2C3CCC2CC(O)C3)s1. The van der Waals surface area contributed by atoms with Crippen LogP contribution in [0.25, 0.3) is 0 Å². The summed E-state index contributed by atoms with van der Waals surface area (Å²) in [5, 5.41) is 19.7. The lowest BCUT2D eigenvalue weighted by atomic mass is 10.0. The van der Waals surface area contributed by atoms with Crippen LogP contribution in [0.3, 0.4) is 0 Å². The number of carbonyl (C=O) groups excluding carboxylic acids is 1. The highest BCUT2D eigenvalue weighted by Gasteiger charge is 2.48. The maximum Gasteiger partial charge on any atom is 0.272 e. The lowest BCUT2D eigenvalue weighted by Gasteiger charge is -2.35. The van der Waals surface area contributed by atoms with Crippen molar-refractivity contribution in [2.45, 2.75) is 55.1 Å². The summed E-state index contributed by atoms with van der Waals surface area (Å²) in [4.78, 5) is 11.0. The van der Waals surface area contributed by atoms with Crippen molar-refractivity contribution in [1.29, 1.82) is 0 Å². The van der Waals surface area contributed by atoms with Crippen LogP contribution >= 0.6 is 11.3 Å². The third kappa shape index (κ3) is 2.68. The number of piperidine rings is 1. The van der Waals surface area contributed by atoms with E-state index in [4.69, 9.17) is 0 Å². The first-order chi connectivity index (χ1) is 9.88. The molecule has 3 heterocycles. The van der Waals surface area contributed by atoms with Gasteiger partial charge >= 0.3 is 0 Å². The summed E-state index contributed by atoms with van der Waals surface area (Å²) in [5.74, 6) is -0.323. The highest BCUT2D eigenvalue weighted by atomic mass is 32.2. The van der Waals surface area contributed by atoms with Gasteiger partial charge in [0, 0.05) is 19.0 Å². The van der Waals surface area contributed by atoms with Gasteiger partial charge in [0.05, 0.1) is 6.10 Å². The van der Waals surface area contributed by atoms with Crippen molar-refractivity contribution in [1.82, 2.24) is 14.5 Å². The summed E-state index contributed by atoms with van der Waals surface area (Å²) in [6.07, 6.45) is 2.02. The molecule has 0 saturated carbocycles. The zero-order valence-electron chi connectivity index (χ0n) is 11.4. The molecule has 2 aliphatic rings. The van der Waals surface area contributed by atoms with Crippen molar-refractivity contribution in [2.24, 2.45) is 0 Å². The van der Waals surface area contributed by atoms with Gasteiger partial charge in [0.15, 0.2) is 0 Å². The summed E-state index contributed by atoms with van der Waals surface area (Å²) in [6, 6.07) is -0.339. The Morgan fingerprint density at radius 3 is 2.52 bits per heavy atom. The third-order valence-corrected chi connectivity index (χ3v) is 7.02. The molecular formula is C11H16N4O4S2. The van der Waals surface area contributed by atoms with E-state index in [1.54, 1.807) is 0 Å². The van der Waals surface area contributed by atoms with E-state index >= 15 is 0 Å².